The second kappa shape index (κ2) is 12.5. The normalized spacial score (nSPS) is 15.0. The summed E-state index contributed by atoms with van der Waals surface area (Å²) in [7, 11) is -1.75. The highest BCUT2D eigenvalue weighted by Crippen LogP contribution is 2.41. The molecule has 1 amide bonds. The van der Waals surface area contributed by atoms with Crippen molar-refractivity contribution in [2.45, 2.75) is 50.3 Å². The van der Waals surface area contributed by atoms with Gasteiger partial charge in [0, 0.05) is 42.2 Å². The van der Waals surface area contributed by atoms with E-state index in [1.807, 2.05) is 48.5 Å². The molecule has 2 aromatic carbocycles. The van der Waals surface area contributed by atoms with E-state index in [9.17, 15) is 18.0 Å². The Morgan fingerprint density at radius 1 is 1.05 bits per heavy atom. The van der Waals surface area contributed by atoms with Crippen LogP contribution >= 0.6 is 0 Å². The third-order valence-corrected chi connectivity index (χ3v) is 8.00. The Bertz CT molecular complexity index is 1380. The summed E-state index contributed by atoms with van der Waals surface area (Å²) in [4.78, 5) is 25.0. The van der Waals surface area contributed by atoms with E-state index < -0.39 is 15.8 Å². The molecule has 1 saturated carbocycles. The highest BCUT2D eigenvalue weighted by atomic mass is 32.2. The van der Waals surface area contributed by atoms with Gasteiger partial charge in [0.2, 0.25) is 0 Å². The molecular formula is C30H36N2O6S. The molecule has 1 heterocycles. The largest absolute Gasteiger partial charge is 0.481 e. The van der Waals surface area contributed by atoms with Crippen LogP contribution in [0.2, 0.25) is 0 Å². The van der Waals surface area contributed by atoms with Gasteiger partial charge in [-0.15, -0.1) is 0 Å². The van der Waals surface area contributed by atoms with E-state index in [1.165, 1.54) is 17.6 Å². The third kappa shape index (κ3) is 7.72. The summed E-state index contributed by atoms with van der Waals surface area (Å²) in [6.07, 6.45) is 6.56. The fraction of sp³-hybridized carbons (Fsp3) is 0.400. The number of benzene rings is 2. The quantitative estimate of drug-likeness (QED) is 0.310. The minimum atomic E-state index is -3.34. The SMILES string of the molecule is CN(CCC(=O)O)C(=O)c1ccc(NC(c2cc(-c3ccccc3)oc2CS(C)(=O)=O)C2CCCCC2)cc1. The molecule has 2 N–H and O–H groups in total. The first kappa shape index (κ1) is 28.4. The monoisotopic (exact) mass is 552 g/mol. The lowest BCUT2D eigenvalue weighted by molar-refractivity contribution is -0.137. The first-order chi connectivity index (χ1) is 18.6. The molecule has 1 atom stereocenters. The number of carboxylic acid groups (broad SMARTS) is 1. The number of anilines is 1. The fourth-order valence-corrected chi connectivity index (χ4v) is 5.89. The van der Waals surface area contributed by atoms with Crippen LogP contribution in [0.5, 0.6) is 0 Å². The summed E-state index contributed by atoms with van der Waals surface area (Å²) >= 11 is 0. The van der Waals surface area contributed by atoms with Gasteiger partial charge in [0.05, 0.1) is 12.5 Å². The lowest BCUT2D eigenvalue weighted by atomic mass is 9.81. The van der Waals surface area contributed by atoms with E-state index in [-0.39, 0.29) is 30.7 Å². The molecular weight excluding hydrogens is 516 g/mol. The number of hydrogen-bond acceptors (Lipinski definition) is 6. The van der Waals surface area contributed by atoms with Gasteiger partial charge in [-0.2, -0.15) is 0 Å². The van der Waals surface area contributed by atoms with E-state index in [4.69, 9.17) is 9.52 Å². The maximum atomic E-state index is 12.7. The smallest absolute Gasteiger partial charge is 0.305 e. The van der Waals surface area contributed by atoms with Gasteiger partial charge >= 0.3 is 5.97 Å². The number of hydrogen-bond donors (Lipinski definition) is 2. The molecule has 3 aromatic rings. The Morgan fingerprint density at radius 3 is 2.33 bits per heavy atom. The molecule has 8 nitrogen and oxygen atoms in total. The van der Waals surface area contributed by atoms with Gasteiger partial charge in [-0.05, 0) is 49.1 Å². The standard InChI is InChI=1S/C30H36N2O6S/c1-32(18-17-28(33)34)30(35)23-13-15-24(16-14-23)31-29(22-11-7-4-8-12-22)25-19-26(21-9-5-3-6-10-21)38-27(25)20-39(2,36)37/h3,5-6,9-10,13-16,19,22,29,31H,4,7-8,11-12,17-18,20H2,1-2H3,(H,33,34). The maximum Gasteiger partial charge on any atom is 0.305 e. The van der Waals surface area contributed by atoms with Crippen LogP contribution in [0.15, 0.2) is 65.1 Å². The minimum Gasteiger partial charge on any atom is -0.481 e. The van der Waals surface area contributed by atoms with E-state index in [2.05, 4.69) is 5.32 Å². The van der Waals surface area contributed by atoms with E-state index in [1.54, 1.807) is 19.2 Å². The maximum absolute atomic E-state index is 12.7. The number of carbonyl (C=O) groups excluding carboxylic acids is 1. The molecule has 0 spiro atoms. The predicted octanol–water partition coefficient (Wildman–Crippen LogP) is 5.77. The zero-order chi connectivity index (χ0) is 28.0. The number of nitrogens with zero attached hydrogens (tertiary/aromatic N) is 1. The van der Waals surface area contributed by atoms with E-state index in [0.717, 1.165) is 42.5 Å². The number of rotatable bonds is 11. The first-order valence-electron chi connectivity index (χ1n) is 13.3. The lowest BCUT2D eigenvalue weighted by Gasteiger charge is -2.32. The van der Waals surface area contributed by atoms with Gasteiger partial charge in [0.1, 0.15) is 17.3 Å². The average Bonchev–Trinajstić information content (AvgIpc) is 3.33. The molecule has 0 bridgehead atoms. The van der Waals surface area contributed by atoms with Crippen molar-refractivity contribution in [1.29, 1.82) is 0 Å². The summed E-state index contributed by atoms with van der Waals surface area (Å²) in [6.45, 7) is 0.130. The second-order valence-corrected chi connectivity index (χ2v) is 12.5. The Kier molecular flexibility index (Phi) is 9.12. The Hall–Kier alpha value is -3.59. The number of sulfone groups is 1. The molecule has 1 aromatic heterocycles. The van der Waals surface area contributed by atoms with Gasteiger partial charge in [-0.25, -0.2) is 8.42 Å². The highest BCUT2D eigenvalue weighted by Gasteiger charge is 2.30. The van der Waals surface area contributed by atoms with Gasteiger partial charge in [-0.1, -0.05) is 49.6 Å². The molecule has 4 rings (SSSR count). The van der Waals surface area contributed by atoms with E-state index >= 15 is 0 Å². The minimum absolute atomic E-state index is 0.115. The molecule has 1 fully saturated rings. The summed E-state index contributed by atoms with van der Waals surface area (Å²) in [5.41, 5.74) is 3.01. The Balaban J connectivity index is 1.64. The van der Waals surface area contributed by atoms with Crippen molar-refractivity contribution in [2.75, 3.05) is 25.2 Å². The van der Waals surface area contributed by atoms with Gasteiger partial charge < -0.3 is 19.7 Å². The molecule has 1 aliphatic rings. The van der Waals surface area contributed by atoms with Crippen LogP contribution in [0.25, 0.3) is 11.3 Å². The first-order valence-corrected chi connectivity index (χ1v) is 15.4. The highest BCUT2D eigenvalue weighted by molar-refractivity contribution is 7.89. The van der Waals surface area contributed by atoms with E-state index in [0.29, 0.717) is 23.0 Å². The van der Waals surface area contributed by atoms with Gasteiger partial charge in [0.25, 0.3) is 5.91 Å². The van der Waals surface area contributed by atoms with Crippen molar-refractivity contribution in [3.05, 3.63) is 77.6 Å². The number of furan rings is 1. The van der Waals surface area contributed by atoms with Crippen LogP contribution in [0.3, 0.4) is 0 Å². The van der Waals surface area contributed by atoms with Crippen molar-refractivity contribution in [2.24, 2.45) is 5.92 Å². The Labute approximate surface area is 229 Å². The lowest BCUT2D eigenvalue weighted by Crippen LogP contribution is -2.29. The molecule has 9 heteroatoms. The molecule has 39 heavy (non-hydrogen) atoms. The van der Waals surface area contributed by atoms with Crippen molar-refractivity contribution in [3.8, 4) is 11.3 Å². The summed E-state index contributed by atoms with van der Waals surface area (Å²) in [5, 5.41) is 12.5. The number of aliphatic carboxylic acids is 1. The molecule has 0 radical (unpaired) electrons. The number of carbonyl (C=O) groups is 2. The number of nitrogens with one attached hydrogen (secondary N) is 1. The summed E-state index contributed by atoms with van der Waals surface area (Å²) < 4.78 is 30.9. The van der Waals surface area contributed by atoms with Crippen molar-refractivity contribution in [3.63, 3.8) is 0 Å². The van der Waals surface area contributed by atoms with Crippen LogP contribution in [-0.2, 0) is 20.4 Å². The van der Waals surface area contributed by atoms with Crippen molar-refractivity contribution in [1.82, 2.24) is 4.90 Å². The van der Waals surface area contributed by atoms with Crippen LogP contribution in [0.4, 0.5) is 5.69 Å². The topological polar surface area (TPSA) is 117 Å². The second-order valence-electron chi connectivity index (χ2n) is 10.4. The zero-order valence-electron chi connectivity index (χ0n) is 22.4. The fourth-order valence-electron chi connectivity index (χ4n) is 5.19. The summed E-state index contributed by atoms with van der Waals surface area (Å²) in [5.74, 6) is -0.00147. The molecule has 208 valence electrons. The van der Waals surface area contributed by atoms with Crippen LogP contribution in [0, 0.1) is 5.92 Å². The molecule has 1 aliphatic carbocycles. The summed E-state index contributed by atoms with van der Waals surface area (Å²) in [6, 6.07) is 18.6. The Morgan fingerprint density at radius 2 is 1.72 bits per heavy atom. The predicted molar refractivity (Wildman–Crippen MR) is 151 cm³/mol. The van der Waals surface area contributed by atoms with Crippen LogP contribution in [-0.4, -0.2) is 50.1 Å². The number of carboxylic acids is 1. The van der Waals surface area contributed by atoms with Gasteiger partial charge in [-0.3, -0.25) is 9.59 Å². The zero-order valence-corrected chi connectivity index (χ0v) is 23.2. The molecule has 1 unspecified atom stereocenters. The number of amides is 1. The average molecular weight is 553 g/mol. The van der Waals surface area contributed by atoms with Crippen LogP contribution in [0.1, 0.15) is 66.2 Å². The molecule has 0 aliphatic heterocycles. The van der Waals surface area contributed by atoms with Crippen molar-refractivity contribution >= 4 is 27.4 Å². The van der Waals surface area contributed by atoms with Gasteiger partial charge in [0.15, 0.2) is 9.84 Å². The van der Waals surface area contributed by atoms with Crippen molar-refractivity contribution < 1.29 is 27.5 Å². The van der Waals surface area contributed by atoms with Crippen LogP contribution < -0.4 is 5.32 Å². The molecule has 0 saturated heterocycles. The third-order valence-electron chi connectivity index (χ3n) is 7.21.